The second-order valence-corrected chi connectivity index (χ2v) is 5.17. The van der Waals surface area contributed by atoms with Crippen LogP contribution in [0.4, 0.5) is 11.5 Å². The van der Waals surface area contributed by atoms with E-state index in [0.717, 1.165) is 11.5 Å². The highest BCUT2D eigenvalue weighted by molar-refractivity contribution is 5.41. The number of nitrogens with zero attached hydrogens (tertiary/aromatic N) is 3. The Morgan fingerprint density at radius 2 is 1.91 bits per heavy atom. The average molecular weight is 301 g/mol. The molecule has 0 atom stereocenters. The van der Waals surface area contributed by atoms with Crippen LogP contribution in [-0.4, -0.2) is 30.1 Å². The molecule has 1 aromatic carbocycles. The van der Waals surface area contributed by atoms with Crippen molar-refractivity contribution in [3.63, 3.8) is 0 Å². The van der Waals surface area contributed by atoms with Crippen LogP contribution in [-0.2, 0) is 0 Å². The minimum atomic E-state index is -0.427. The number of aromatic nitrogens is 1. The second-order valence-electron chi connectivity index (χ2n) is 5.17. The lowest BCUT2D eigenvalue weighted by atomic mass is 10.2. The Balaban J connectivity index is 1.88. The van der Waals surface area contributed by atoms with E-state index in [2.05, 4.69) is 4.98 Å². The number of hydrogen-bond donors (Lipinski definition) is 0. The summed E-state index contributed by atoms with van der Waals surface area (Å²) in [5.41, 5.74) is 2.22. The highest BCUT2D eigenvalue weighted by atomic mass is 16.6. The maximum absolute atomic E-state index is 10.6. The Morgan fingerprint density at radius 1 is 1.23 bits per heavy atom. The van der Waals surface area contributed by atoms with Gasteiger partial charge < -0.3 is 9.64 Å². The van der Waals surface area contributed by atoms with Crippen molar-refractivity contribution in [2.75, 3.05) is 25.1 Å². The molecule has 0 unspecified atom stereocenters. The molecule has 6 heteroatoms. The maximum Gasteiger partial charge on any atom is 0.269 e. The number of rotatable bonds is 6. The topological polar surface area (TPSA) is 68.5 Å². The molecule has 0 radical (unpaired) electrons. The molecule has 0 aliphatic rings. The Kier molecular flexibility index (Phi) is 4.93. The lowest BCUT2D eigenvalue weighted by Crippen LogP contribution is -2.24. The van der Waals surface area contributed by atoms with Gasteiger partial charge in [0.1, 0.15) is 18.2 Å². The molecule has 1 aromatic heterocycles. The monoisotopic (exact) mass is 301 g/mol. The van der Waals surface area contributed by atoms with Gasteiger partial charge in [-0.15, -0.1) is 0 Å². The van der Waals surface area contributed by atoms with E-state index >= 15 is 0 Å². The molecule has 0 N–H and O–H groups in total. The summed E-state index contributed by atoms with van der Waals surface area (Å²) in [4.78, 5) is 16.7. The summed E-state index contributed by atoms with van der Waals surface area (Å²) in [5, 5.41) is 10.6. The van der Waals surface area contributed by atoms with E-state index in [-0.39, 0.29) is 5.69 Å². The normalized spacial score (nSPS) is 10.3. The number of anilines is 1. The van der Waals surface area contributed by atoms with Crippen LogP contribution in [0.5, 0.6) is 5.75 Å². The van der Waals surface area contributed by atoms with E-state index in [4.69, 9.17) is 4.74 Å². The van der Waals surface area contributed by atoms with Crippen LogP contribution in [0.3, 0.4) is 0 Å². The maximum atomic E-state index is 10.6. The van der Waals surface area contributed by atoms with Crippen molar-refractivity contribution in [1.29, 1.82) is 0 Å². The van der Waals surface area contributed by atoms with Crippen molar-refractivity contribution in [3.8, 4) is 5.75 Å². The summed E-state index contributed by atoms with van der Waals surface area (Å²) in [7, 11) is 1.96. The van der Waals surface area contributed by atoms with Crippen LogP contribution in [0.1, 0.15) is 11.3 Å². The van der Waals surface area contributed by atoms with Gasteiger partial charge in [-0.05, 0) is 43.7 Å². The van der Waals surface area contributed by atoms with Gasteiger partial charge in [0.25, 0.3) is 5.69 Å². The number of benzene rings is 1. The van der Waals surface area contributed by atoms with Gasteiger partial charge in [-0.2, -0.15) is 0 Å². The molecule has 22 heavy (non-hydrogen) atoms. The molecule has 116 valence electrons. The van der Waals surface area contributed by atoms with Gasteiger partial charge in [-0.1, -0.05) is 0 Å². The van der Waals surface area contributed by atoms with Crippen LogP contribution in [0.2, 0.25) is 0 Å². The SMILES string of the molecule is Cc1cc(C)nc(N(C)CCOc2ccc([N+](=O)[O-])cc2)c1. The molecule has 0 bridgehead atoms. The molecule has 6 nitrogen and oxygen atoms in total. The summed E-state index contributed by atoms with van der Waals surface area (Å²) in [6, 6.07) is 10.1. The number of pyridine rings is 1. The predicted molar refractivity (Wildman–Crippen MR) is 85.6 cm³/mol. The first kappa shape index (κ1) is 15.8. The van der Waals surface area contributed by atoms with E-state index < -0.39 is 4.92 Å². The summed E-state index contributed by atoms with van der Waals surface area (Å²) < 4.78 is 5.60. The number of nitro groups is 1. The number of nitro benzene ring substituents is 1. The standard InChI is InChI=1S/C16H19N3O3/c1-12-10-13(2)17-16(11-12)18(3)8-9-22-15-6-4-14(5-7-15)19(20)21/h4-7,10-11H,8-9H2,1-3H3. The fourth-order valence-electron chi connectivity index (χ4n) is 2.09. The molecule has 0 saturated heterocycles. The summed E-state index contributed by atoms with van der Waals surface area (Å²) in [6.45, 7) is 5.16. The molecule has 0 aliphatic carbocycles. The molecule has 0 saturated carbocycles. The summed E-state index contributed by atoms with van der Waals surface area (Å²) in [6.07, 6.45) is 0. The predicted octanol–water partition coefficient (Wildman–Crippen LogP) is 3.12. The van der Waals surface area contributed by atoms with E-state index in [1.165, 1.54) is 17.7 Å². The van der Waals surface area contributed by atoms with Gasteiger partial charge in [0.2, 0.25) is 0 Å². The quantitative estimate of drug-likeness (QED) is 0.605. The van der Waals surface area contributed by atoms with Crippen LogP contribution in [0.25, 0.3) is 0 Å². The first-order chi connectivity index (χ1) is 10.5. The van der Waals surface area contributed by atoms with Crippen molar-refractivity contribution in [2.45, 2.75) is 13.8 Å². The largest absolute Gasteiger partial charge is 0.492 e. The van der Waals surface area contributed by atoms with Crippen LogP contribution < -0.4 is 9.64 Å². The third kappa shape index (κ3) is 4.18. The molecular formula is C16H19N3O3. The summed E-state index contributed by atoms with van der Waals surface area (Å²) >= 11 is 0. The zero-order chi connectivity index (χ0) is 16.1. The lowest BCUT2D eigenvalue weighted by molar-refractivity contribution is -0.384. The first-order valence-corrected chi connectivity index (χ1v) is 6.99. The third-order valence-corrected chi connectivity index (χ3v) is 3.22. The van der Waals surface area contributed by atoms with Gasteiger partial charge in [0, 0.05) is 24.9 Å². The van der Waals surface area contributed by atoms with E-state index in [1.54, 1.807) is 12.1 Å². The third-order valence-electron chi connectivity index (χ3n) is 3.22. The molecular weight excluding hydrogens is 282 g/mol. The minimum absolute atomic E-state index is 0.0592. The van der Waals surface area contributed by atoms with E-state index in [0.29, 0.717) is 18.9 Å². The number of non-ortho nitro benzene ring substituents is 1. The highest BCUT2D eigenvalue weighted by Crippen LogP contribution is 2.17. The fraction of sp³-hybridized carbons (Fsp3) is 0.312. The number of aryl methyl sites for hydroxylation is 2. The molecule has 2 aromatic rings. The number of hydrogen-bond acceptors (Lipinski definition) is 5. The van der Waals surface area contributed by atoms with Crippen molar-refractivity contribution in [2.24, 2.45) is 0 Å². The Morgan fingerprint density at radius 3 is 2.50 bits per heavy atom. The van der Waals surface area contributed by atoms with Gasteiger partial charge in [0.15, 0.2) is 0 Å². The zero-order valence-electron chi connectivity index (χ0n) is 12.9. The minimum Gasteiger partial charge on any atom is -0.492 e. The molecule has 0 aliphatic heterocycles. The smallest absolute Gasteiger partial charge is 0.269 e. The van der Waals surface area contributed by atoms with E-state index in [1.807, 2.05) is 37.9 Å². The number of ether oxygens (including phenoxy) is 1. The van der Waals surface area contributed by atoms with Crippen molar-refractivity contribution >= 4 is 11.5 Å². The molecule has 2 rings (SSSR count). The molecule has 0 amide bonds. The lowest BCUT2D eigenvalue weighted by Gasteiger charge is -2.19. The molecule has 1 heterocycles. The Labute approximate surface area is 129 Å². The van der Waals surface area contributed by atoms with Gasteiger partial charge in [0.05, 0.1) is 11.5 Å². The Bertz CT molecular complexity index is 636. The van der Waals surface area contributed by atoms with Crippen molar-refractivity contribution in [3.05, 3.63) is 57.8 Å². The first-order valence-electron chi connectivity index (χ1n) is 6.99. The van der Waals surface area contributed by atoms with Crippen molar-refractivity contribution in [1.82, 2.24) is 4.98 Å². The van der Waals surface area contributed by atoms with E-state index in [9.17, 15) is 10.1 Å². The van der Waals surface area contributed by atoms with Crippen molar-refractivity contribution < 1.29 is 9.66 Å². The highest BCUT2D eigenvalue weighted by Gasteiger charge is 2.06. The van der Waals surface area contributed by atoms with Gasteiger partial charge in [-0.3, -0.25) is 10.1 Å². The zero-order valence-corrected chi connectivity index (χ0v) is 12.9. The van der Waals surface area contributed by atoms with Crippen LogP contribution in [0, 0.1) is 24.0 Å². The summed E-state index contributed by atoms with van der Waals surface area (Å²) in [5.74, 6) is 1.53. The van der Waals surface area contributed by atoms with Crippen LogP contribution in [0.15, 0.2) is 36.4 Å². The number of likely N-dealkylation sites (N-methyl/N-ethyl adjacent to an activating group) is 1. The van der Waals surface area contributed by atoms with Gasteiger partial charge in [-0.25, -0.2) is 4.98 Å². The average Bonchev–Trinajstić information content (AvgIpc) is 2.46. The molecule has 0 spiro atoms. The Hall–Kier alpha value is -2.63. The van der Waals surface area contributed by atoms with Crippen LogP contribution >= 0.6 is 0 Å². The molecule has 0 fully saturated rings. The van der Waals surface area contributed by atoms with Gasteiger partial charge >= 0.3 is 0 Å². The second kappa shape index (κ2) is 6.89. The fourth-order valence-corrected chi connectivity index (χ4v) is 2.09.